The second kappa shape index (κ2) is 7.34. The Bertz CT molecular complexity index is 1050. The van der Waals surface area contributed by atoms with Crippen molar-refractivity contribution in [2.45, 2.75) is 32.7 Å². The van der Waals surface area contributed by atoms with E-state index >= 15 is 0 Å². The third kappa shape index (κ3) is 3.46. The first-order valence-corrected chi connectivity index (χ1v) is 10.8. The quantitative estimate of drug-likeness (QED) is 0.785. The lowest BCUT2D eigenvalue weighted by Crippen LogP contribution is -2.49. The third-order valence-electron chi connectivity index (χ3n) is 6.53. The van der Waals surface area contributed by atoms with Crippen LogP contribution in [0.5, 0.6) is 0 Å². The molecule has 0 radical (unpaired) electrons. The summed E-state index contributed by atoms with van der Waals surface area (Å²) < 4.78 is 0. The molecule has 0 spiro atoms. The van der Waals surface area contributed by atoms with Crippen LogP contribution in [0.25, 0.3) is 10.8 Å². The first-order chi connectivity index (χ1) is 13.8. The van der Waals surface area contributed by atoms with Gasteiger partial charge < -0.3 is 11.1 Å². The number of amides is 1. The van der Waals surface area contributed by atoms with Crippen molar-refractivity contribution in [3.8, 4) is 0 Å². The van der Waals surface area contributed by atoms with E-state index in [0.29, 0.717) is 10.7 Å². The van der Waals surface area contributed by atoms with Gasteiger partial charge in [-0.05, 0) is 31.4 Å². The summed E-state index contributed by atoms with van der Waals surface area (Å²) in [4.78, 5) is 21.9. The predicted molar refractivity (Wildman–Crippen MR) is 122 cm³/mol. The van der Waals surface area contributed by atoms with Crippen LogP contribution in [-0.4, -0.2) is 27.4 Å². The summed E-state index contributed by atoms with van der Waals surface area (Å²) in [5.74, 6) is 1.01. The Morgan fingerprint density at radius 1 is 1.31 bits per heavy atom. The molecule has 150 valence electrons. The highest BCUT2D eigenvalue weighted by Gasteiger charge is 2.48. The number of benzene rings is 1. The van der Waals surface area contributed by atoms with Crippen molar-refractivity contribution in [3.05, 3.63) is 60.5 Å². The maximum atomic E-state index is 13.0. The SMILES string of the molecule is CC1C=C(C(=O)Nc2cccc3cnccc23)C=CC1(C)C1(C)CCSC(N)=N1. The van der Waals surface area contributed by atoms with Crippen molar-refractivity contribution < 1.29 is 4.79 Å². The van der Waals surface area contributed by atoms with Gasteiger partial charge in [-0.25, -0.2) is 0 Å². The molecule has 3 N–H and O–H groups in total. The molecule has 0 saturated heterocycles. The zero-order valence-corrected chi connectivity index (χ0v) is 17.8. The van der Waals surface area contributed by atoms with Gasteiger partial charge in [0.05, 0.1) is 5.54 Å². The number of carbonyl (C=O) groups is 1. The number of allylic oxidation sites excluding steroid dienone is 1. The molecule has 0 fully saturated rings. The van der Waals surface area contributed by atoms with Gasteiger partial charge in [0.15, 0.2) is 5.17 Å². The van der Waals surface area contributed by atoms with Gasteiger partial charge in [-0.3, -0.25) is 14.8 Å². The predicted octanol–water partition coefficient (Wildman–Crippen LogP) is 4.52. The average Bonchev–Trinajstić information content (AvgIpc) is 2.70. The lowest BCUT2D eigenvalue weighted by Gasteiger charge is -2.48. The molecule has 2 heterocycles. The van der Waals surface area contributed by atoms with Crippen LogP contribution in [0, 0.1) is 11.3 Å². The molecule has 1 aromatic carbocycles. The highest BCUT2D eigenvalue weighted by Crippen LogP contribution is 2.49. The number of amidine groups is 1. The van der Waals surface area contributed by atoms with E-state index in [9.17, 15) is 4.79 Å². The number of rotatable bonds is 3. The van der Waals surface area contributed by atoms with E-state index in [1.54, 1.807) is 24.2 Å². The molecule has 1 amide bonds. The van der Waals surface area contributed by atoms with Gasteiger partial charge in [0.2, 0.25) is 0 Å². The van der Waals surface area contributed by atoms with E-state index in [1.165, 1.54) is 0 Å². The fraction of sp³-hybridized carbons (Fsp3) is 0.348. The molecule has 2 aliphatic rings. The van der Waals surface area contributed by atoms with E-state index < -0.39 is 0 Å². The Balaban J connectivity index is 1.58. The summed E-state index contributed by atoms with van der Waals surface area (Å²) in [6, 6.07) is 7.74. The molecular formula is C23H26N4OS. The minimum atomic E-state index is -0.278. The first-order valence-electron chi connectivity index (χ1n) is 9.86. The molecule has 0 saturated carbocycles. The molecule has 2 aromatic rings. The maximum absolute atomic E-state index is 13.0. The second-order valence-corrected chi connectivity index (χ2v) is 9.32. The van der Waals surface area contributed by atoms with Crippen molar-refractivity contribution in [2.24, 2.45) is 22.1 Å². The van der Waals surface area contributed by atoms with Gasteiger partial charge in [0, 0.05) is 45.6 Å². The van der Waals surface area contributed by atoms with Crippen LogP contribution in [0.4, 0.5) is 5.69 Å². The summed E-state index contributed by atoms with van der Waals surface area (Å²) in [6.45, 7) is 6.53. The normalized spacial score (nSPS) is 29.3. The van der Waals surface area contributed by atoms with Gasteiger partial charge >= 0.3 is 0 Å². The van der Waals surface area contributed by atoms with Crippen LogP contribution in [0.15, 0.2) is 65.5 Å². The lowest BCUT2D eigenvalue weighted by atomic mass is 9.61. The van der Waals surface area contributed by atoms with E-state index in [1.807, 2.05) is 30.3 Å². The zero-order chi connectivity index (χ0) is 20.6. The summed E-state index contributed by atoms with van der Waals surface area (Å²) >= 11 is 1.61. The Morgan fingerprint density at radius 2 is 2.14 bits per heavy atom. The molecule has 6 heteroatoms. The Kier molecular flexibility index (Phi) is 4.99. The largest absolute Gasteiger partial charge is 0.379 e. The number of nitrogens with two attached hydrogens (primary N) is 1. The molecule has 4 rings (SSSR count). The van der Waals surface area contributed by atoms with Gasteiger partial charge in [-0.2, -0.15) is 0 Å². The van der Waals surface area contributed by atoms with E-state index in [2.05, 4.69) is 43.2 Å². The maximum Gasteiger partial charge on any atom is 0.255 e. The number of nitrogens with one attached hydrogen (secondary N) is 1. The Morgan fingerprint density at radius 3 is 2.90 bits per heavy atom. The van der Waals surface area contributed by atoms with Crippen LogP contribution in [0.1, 0.15) is 27.2 Å². The molecule has 1 aliphatic carbocycles. The monoisotopic (exact) mass is 406 g/mol. The molecule has 3 unspecified atom stereocenters. The fourth-order valence-corrected chi connectivity index (χ4v) is 5.21. The van der Waals surface area contributed by atoms with E-state index in [-0.39, 0.29) is 22.8 Å². The van der Waals surface area contributed by atoms with Crippen molar-refractivity contribution in [2.75, 3.05) is 11.1 Å². The van der Waals surface area contributed by atoms with E-state index in [4.69, 9.17) is 10.7 Å². The summed E-state index contributed by atoms with van der Waals surface area (Å²) in [5, 5.41) is 5.69. The number of nitrogens with zero attached hydrogens (tertiary/aromatic N) is 2. The van der Waals surface area contributed by atoms with Crippen LogP contribution in [-0.2, 0) is 4.79 Å². The molecule has 29 heavy (non-hydrogen) atoms. The van der Waals surface area contributed by atoms with Gasteiger partial charge in [0.25, 0.3) is 5.91 Å². The number of fused-ring (bicyclic) bond motifs is 1. The summed E-state index contributed by atoms with van der Waals surface area (Å²) in [7, 11) is 0. The summed E-state index contributed by atoms with van der Waals surface area (Å²) in [5.41, 5.74) is 7.02. The van der Waals surface area contributed by atoms with Crippen molar-refractivity contribution in [1.82, 2.24) is 4.98 Å². The number of hydrogen-bond donors (Lipinski definition) is 2. The van der Waals surface area contributed by atoms with Gasteiger partial charge in [-0.1, -0.05) is 56.0 Å². The van der Waals surface area contributed by atoms with Crippen LogP contribution >= 0.6 is 11.8 Å². The zero-order valence-electron chi connectivity index (χ0n) is 17.0. The number of hydrogen-bond acceptors (Lipinski definition) is 5. The second-order valence-electron chi connectivity index (χ2n) is 8.21. The van der Waals surface area contributed by atoms with Crippen LogP contribution in [0.2, 0.25) is 0 Å². The number of thioether (sulfide) groups is 1. The van der Waals surface area contributed by atoms with Crippen LogP contribution < -0.4 is 11.1 Å². The third-order valence-corrected chi connectivity index (χ3v) is 7.33. The van der Waals surface area contributed by atoms with Crippen molar-refractivity contribution in [3.63, 3.8) is 0 Å². The molecule has 0 bridgehead atoms. The number of aliphatic imine (C=N–C) groups is 1. The minimum Gasteiger partial charge on any atom is -0.379 e. The molecular weight excluding hydrogens is 380 g/mol. The Hall–Kier alpha value is -2.60. The Labute approximate surface area is 175 Å². The average molecular weight is 407 g/mol. The fourth-order valence-electron chi connectivity index (χ4n) is 4.24. The molecule has 5 nitrogen and oxygen atoms in total. The number of aromatic nitrogens is 1. The number of carbonyl (C=O) groups excluding carboxylic acids is 1. The molecule has 1 aromatic heterocycles. The van der Waals surface area contributed by atoms with E-state index in [0.717, 1.165) is 28.6 Å². The topological polar surface area (TPSA) is 80.4 Å². The molecule has 1 aliphatic heterocycles. The standard InChI is InChI=1S/C23H26N4OS/c1-15-13-16(7-9-22(15,2)23(3)10-12-29-21(24)27-23)20(28)26-19-6-4-5-17-14-25-11-8-18(17)19/h4-9,11,13-15H,10,12H2,1-3H3,(H2,24,27)(H,26,28). The molecule has 3 atom stereocenters. The highest BCUT2D eigenvalue weighted by atomic mass is 32.2. The van der Waals surface area contributed by atoms with Crippen molar-refractivity contribution in [1.29, 1.82) is 0 Å². The van der Waals surface area contributed by atoms with Gasteiger partial charge in [-0.15, -0.1) is 0 Å². The smallest absolute Gasteiger partial charge is 0.255 e. The number of pyridine rings is 1. The first kappa shape index (κ1) is 19.7. The number of anilines is 1. The highest BCUT2D eigenvalue weighted by molar-refractivity contribution is 8.13. The van der Waals surface area contributed by atoms with Gasteiger partial charge in [0.1, 0.15) is 0 Å². The lowest BCUT2D eigenvalue weighted by molar-refractivity contribution is -0.112. The summed E-state index contributed by atoms with van der Waals surface area (Å²) in [6.07, 6.45) is 10.6. The minimum absolute atomic E-state index is 0.105. The van der Waals surface area contributed by atoms with Crippen LogP contribution in [0.3, 0.4) is 0 Å². The van der Waals surface area contributed by atoms with Crippen molar-refractivity contribution >= 4 is 39.3 Å².